The Hall–Kier alpha value is -0.900. The third-order valence-electron chi connectivity index (χ3n) is 4.29. The van der Waals surface area contributed by atoms with Crippen molar-refractivity contribution >= 4 is 11.8 Å². The van der Waals surface area contributed by atoms with E-state index in [0.29, 0.717) is 12.8 Å². The van der Waals surface area contributed by atoms with Crippen LogP contribution >= 0.6 is 0 Å². The average molecular weight is 239 g/mol. The summed E-state index contributed by atoms with van der Waals surface area (Å²) in [5.41, 5.74) is -0.960. The molecule has 4 heteroatoms. The highest BCUT2D eigenvalue weighted by Crippen LogP contribution is 2.48. The van der Waals surface area contributed by atoms with Crippen LogP contribution in [0.5, 0.6) is 0 Å². The number of aliphatic hydroxyl groups is 1. The Bertz CT molecular complexity index is 343. The van der Waals surface area contributed by atoms with Gasteiger partial charge in [-0.05, 0) is 33.1 Å². The molecular weight excluding hydrogens is 218 g/mol. The van der Waals surface area contributed by atoms with E-state index in [-0.39, 0.29) is 18.4 Å². The largest absolute Gasteiger partial charge is 0.396 e. The predicted molar refractivity (Wildman–Crippen MR) is 63.2 cm³/mol. The van der Waals surface area contributed by atoms with Gasteiger partial charge in [-0.2, -0.15) is 0 Å². The summed E-state index contributed by atoms with van der Waals surface area (Å²) in [7, 11) is 0. The Kier molecular flexibility index (Phi) is 3.02. The zero-order chi connectivity index (χ0) is 12.7. The van der Waals surface area contributed by atoms with Gasteiger partial charge in [0.2, 0.25) is 11.8 Å². The van der Waals surface area contributed by atoms with E-state index in [1.165, 1.54) is 4.90 Å². The quantitative estimate of drug-likeness (QED) is 0.759. The normalized spacial score (nSPS) is 24.1. The van der Waals surface area contributed by atoms with Crippen LogP contribution in [-0.2, 0) is 9.59 Å². The lowest BCUT2D eigenvalue weighted by Crippen LogP contribution is -2.49. The minimum atomic E-state index is -0.561. The first-order chi connectivity index (χ1) is 7.93. The van der Waals surface area contributed by atoms with Crippen molar-refractivity contribution in [2.75, 3.05) is 6.61 Å². The number of likely N-dealkylation sites (tertiary alicyclic amines) is 1. The molecule has 0 aromatic carbocycles. The molecular formula is C13H21NO3. The molecule has 1 spiro atoms. The van der Waals surface area contributed by atoms with Gasteiger partial charge in [0.1, 0.15) is 0 Å². The molecule has 2 amide bonds. The van der Waals surface area contributed by atoms with Crippen LogP contribution in [0.1, 0.15) is 52.4 Å². The highest BCUT2D eigenvalue weighted by atomic mass is 16.3. The molecule has 0 bridgehead atoms. The third kappa shape index (κ3) is 1.88. The van der Waals surface area contributed by atoms with E-state index in [4.69, 9.17) is 5.11 Å². The van der Waals surface area contributed by atoms with E-state index in [2.05, 4.69) is 0 Å². The van der Waals surface area contributed by atoms with Crippen molar-refractivity contribution < 1.29 is 14.7 Å². The maximum Gasteiger partial charge on any atom is 0.236 e. The summed E-state index contributed by atoms with van der Waals surface area (Å²) < 4.78 is 0. The maximum absolute atomic E-state index is 12.5. The van der Waals surface area contributed by atoms with Crippen molar-refractivity contribution in [2.24, 2.45) is 5.41 Å². The van der Waals surface area contributed by atoms with Gasteiger partial charge >= 0.3 is 0 Å². The highest BCUT2D eigenvalue weighted by Gasteiger charge is 2.55. The lowest BCUT2D eigenvalue weighted by Gasteiger charge is -2.34. The summed E-state index contributed by atoms with van der Waals surface area (Å²) >= 11 is 0. The van der Waals surface area contributed by atoms with Crippen LogP contribution in [0.25, 0.3) is 0 Å². The van der Waals surface area contributed by atoms with Crippen molar-refractivity contribution in [3.63, 3.8) is 0 Å². The van der Waals surface area contributed by atoms with Crippen molar-refractivity contribution in [3.8, 4) is 0 Å². The molecule has 1 saturated carbocycles. The summed E-state index contributed by atoms with van der Waals surface area (Å²) in [6.07, 6.45) is 4.62. The van der Waals surface area contributed by atoms with E-state index < -0.39 is 11.0 Å². The SMILES string of the molecule is CC(C)(CCO)N1C(=O)CC2(CCCC2)C1=O. The fourth-order valence-corrected chi connectivity index (χ4v) is 3.23. The monoisotopic (exact) mass is 239 g/mol. The fraction of sp³-hybridized carbons (Fsp3) is 0.846. The standard InChI is InChI=1S/C13H21NO3/c1-12(2,7-8-15)14-10(16)9-13(11(14)17)5-3-4-6-13/h15H,3-9H2,1-2H3. The van der Waals surface area contributed by atoms with Crippen LogP contribution in [0.3, 0.4) is 0 Å². The second kappa shape index (κ2) is 4.09. The van der Waals surface area contributed by atoms with Crippen molar-refractivity contribution in [1.82, 2.24) is 4.90 Å². The van der Waals surface area contributed by atoms with Gasteiger partial charge in [0.05, 0.1) is 5.41 Å². The second-order valence-electron chi connectivity index (χ2n) is 5.98. The van der Waals surface area contributed by atoms with Crippen LogP contribution in [0, 0.1) is 5.41 Å². The first-order valence-electron chi connectivity index (χ1n) is 6.41. The van der Waals surface area contributed by atoms with E-state index >= 15 is 0 Å². The molecule has 17 heavy (non-hydrogen) atoms. The zero-order valence-corrected chi connectivity index (χ0v) is 10.7. The Morgan fingerprint density at radius 3 is 2.41 bits per heavy atom. The van der Waals surface area contributed by atoms with Gasteiger partial charge in [-0.25, -0.2) is 0 Å². The van der Waals surface area contributed by atoms with Crippen molar-refractivity contribution in [1.29, 1.82) is 0 Å². The summed E-state index contributed by atoms with van der Waals surface area (Å²) in [6.45, 7) is 3.71. The molecule has 0 atom stereocenters. The van der Waals surface area contributed by atoms with Gasteiger partial charge in [-0.3, -0.25) is 14.5 Å². The molecule has 1 heterocycles. The maximum atomic E-state index is 12.5. The number of carbonyl (C=O) groups is 2. The average Bonchev–Trinajstić information content (AvgIpc) is 2.75. The van der Waals surface area contributed by atoms with Gasteiger partial charge in [0, 0.05) is 18.6 Å². The second-order valence-corrected chi connectivity index (χ2v) is 5.98. The predicted octanol–water partition coefficient (Wildman–Crippen LogP) is 1.47. The number of imide groups is 1. The lowest BCUT2D eigenvalue weighted by atomic mass is 9.84. The molecule has 1 saturated heterocycles. The number of rotatable bonds is 3. The Balaban J connectivity index is 2.25. The minimum absolute atomic E-state index is 0.00144. The topological polar surface area (TPSA) is 57.6 Å². The minimum Gasteiger partial charge on any atom is -0.396 e. The molecule has 2 rings (SSSR count). The number of hydrogen-bond donors (Lipinski definition) is 1. The molecule has 2 aliphatic rings. The number of carbonyl (C=O) groups excluding carboxylic acids is 2. The summed E-state index contributed by atoms with van der Waals surface area (Å²) in [6, 6.07) is 0. The van der Waals surface area contributed by atoms with E-state index in [9.17, 15) is 9.59 Å². The Labute approximate surface area is 102 Å². The van der Waals surface area contributed by atoms with Crippen LogP contribution in [-0.4, -0.2) is 34.0 Å². The van der Waals surface area contributed by atoms with Gasteiger partial charge < -0.3 is 5.11 Å². The van der Waals surface area contributed by atoms with Crippen LogP contribution in [0.15, 0.2) is 0 Å². The van der Waals surface area contributed by atoms with Crippen LogP contribution in [0.4, 0.5) is 0 Å². The molecule has 0 radical (unpaired) electrons. The molecule has 1 N–H and O–H groups in total. The molecule has 0 aromatic heterocycles. The summed E-state index contributed by atoms with van der Waals surface area (Å²) in [5.74, 6) is -0.0613. The molecule has 0 unspecified atom stereocenters. The zero-order valence-electron chi connectivity index (χ0n) is 10.7. The first-order valence-corrected chi connectivity index (χ1v) is 6.41. The van der Waals surface area contributed by atoms with Crippen LogP contribution in [0.2, 0.25) is 0 Å². The van der Waals surface area contributed by atoms with Crippen molar-refractivity contribution in [2.45, 2.75) is 57.9 Å². The highest BCUT2D eigenvalue weighted by molar-refractivity contribution is 6.06. The Morgan fingerprint density at radius 1 is 1.29 bits per heavy atom. The molecule has 0 aromatic rings. The smallest absolute Gasteiger partial charge is 0.236 e. The fourth-order valence-electron chi connectivity index (χ4n) is 3.23. The first kappa shape index (κ1) is 12.6. The molecule has 2 fully saturated rings. The van der Waals surface area contributed by atoms with Gasteiger partial charge in [-0.15, -0.1) is 0 Å². The third-order valence-corrected chi connectivity index (χ3v) is 4.29. The number of amides is 2. The molecule has 1 aliphatic heterocycles. The number of nitrogens with zero attached hydrogens (tertiary/aromatic N) is 1. The Morgan fingerprint density at radius 2 is 1.88 bits per heavy atom. The number of aliphatic hydroxyl groups excluding tert-OH is 1. The van der Waals surface area contributed by atoms with E-state index in [1.54, 1.807) is 0 Å². The van der Waals surface area contributed by atoms with Crippen molar-refractivity contribution in [3.05, 3.63) is 0 Å². The number of hydrogen-bond acceptors (Lipinski definition) is 3. The summed E-state index contributed by atoms with van der Waals surface area (Å²) in [4.78, 5) is 26.0. The summed E-state index contributed by atoms with van der Waals surface area (Å²) in [5, 5.41) is 9.04. The van der Waals surface area contributed by atoms with Gasteiger partial charge in [0.25, 0.3) is 0 Å². The van der Waals surface area contributed by atoms with Gasteiger partial charge in [-0.1, -0.05) is 12.8 Å². The van der Waals surface area contributed by atoms with Gasteiger partial charge in [0.15, 0.2) is 0 Å². The lowest BCUT2D eigenvalue weighted by molar-refractivity contribution is -0.147. The van der Waals surface area contributed by atoms with Crippen LogP contribution < -0.4 is 0 Å². The molecule has 96 valence electrons. The molecule has 1 aliphatic carbocycles. The van der Waals surface area contributed by atoms with E-state index in [0.717, 1.165) is 25.7 Å². The van der Waals surface area contributed by atoms with E-state index in [1.807, 2.05) is 13.8 Å². The molecule has 4 nitrogen and oxygen atoms in total.